The van der Waals surface area contributed by atoms with Crippen LogP contribution in [0.25, 0.3) is 0 Å². The van der Waals surface area contributed by atoms with Crippen LogP contribution < -0.4 is 10.6 Å². The Morgan fingerprint density at radius 3 is 2.81 bits per heavy atom. The van der Waals surface area contributed by atoms with Crippen LogP contribution in [0, 0.1) is 5.92 Å². The minimum absolute atomic E-state index is 0.0129. The average Bonchev–Trinajstić information content (AvgIpc) is 2.59. The van der Waals surface area contributed by atoms with Gasteiger partial charge in [-0.1, -0.05) is 25.4 Å². The maximum absolute atomic E-state index is 12.0. The zero-order chi connectivity index (χ0) is 11.9. The maximum atomic E-state index is 12.0. The number of benzene rings is 1. The molecule has 86 valence electrons. The Balaban J connectivity index is 2.43. The minimum Gasteiger partial charge on any atom is -0.397 e. The van der Waals surface area contributed by atoms with Gasteiger partial charge in [-0.05, 0) is 24.1 Å². The van der Waals surface area contributed by atoms with E-state index in [0.29, 0.717) is 17.3 Å². The zero-order valence-corrected chi connectivity index (χ0v) is 10.2. The predicted molar refractivity (Wildman–Crippen MR) is 66.8 cm³/mol. The van der Waals surface area contributed by atoms with Crippen molar-refractivity contribution in [3.8, 4) is 0 Å². The molecule has 0 saturated carbocycles. The molecule has 2 N–H and O–H groups in total. The molecule has 0 atom stereocenters. The van der Waals surface area contributed by atoms with Gasteiger partial charge in [0.25, 0.3) is 0 Å². The molecule has 0 aromatic heterocycles. The van der Waals surface area contributed by atoms with Crippen LogP contribution in [0.5, 0.6) is 0 Å². The maximum Gasteiger partial charge on any atom is 0.229 e. The summed E-state index contributed by atoms with van der Waals surface area (Å²) in [4.78, 5) is 13.8. The summed E-state index contributed by atoms with van der Waals surface area (Å²) in [5, 5.41) is 0.634. The Hall–Kier alpha value is -1.22. The highest BCUT2D eigenvalue weighted by Gasteiger charge is 2.28. The molecule has 1 aromatic carbocycles. The van der Waals surface area contributed by atoms with E-state index in [1.54, 1.807) is 11.0 Å². The summed E-state index contributed by atoms with van der Waals surface area (Å²) in [5.41, 5.74) is 8.43. The van der Waals surface area contributed by atoms with E-state index in [0.717, 1.165) is 17.7 Å². The molecule has 0 radical (unpaired) electrons. The van der Waals surface area contributed by atoms with Crippen molar-refractivity contribution in [1.82, 2.24) is 0 Å². The van der Waals surface area contributed by atoms with E-state index < -0.39 is 0 Å². The summed E-state index contributed by atoms with van der Waals surface area (Å²) >= 11 is 5.94. The number of anilines is 2. The van der Waals surface area contributed by atoms with Crippen molar-refractivity contribution in [2.45, 2.75) is 20.3 Å². The summed E-state index contributed by atoms with van der Waals surface area (Å²) in [5.74, 6) is 0.105. The highest BCUT2D eigenvalue weighted by Crippen LogP contribution is 2.37. The van der Waals surface area contributed by atoms with Gasteiger partial charge in [-0.3, -0.25) is 4.79 Å². The summed E-state index contributed by atoms with van der Waals surface area (Å²) in [6, 6.07) is 3.59. The first-order valence-corrected chi connectivity index (χ1v) is 5.77. The number of rotatable bonds is 1. The molecule has 4 heteroatoms. The number of fused-ring (bicyclic) bond motifs is 1. The van der Waals surface area contributed by atoms with Crippen LogP contribution in [0.15, 0.2) is 12.1 Å². The van der Waals surface area contributed by atoms with Crippen molar-refractivity contribution in [1.29, 1.82) is 0 Å². The third-order valence-corrected chi connectivity index (χ3v) is 3.04. The molecular formula is C12H15ClN2O. The summed E-state index contributed by atoms with van der Waals surface area (Å²) in [7, 11) is 0. The standard InChI is InChI=1S/C12H15ClN2O/c1-7(2)12(16)15-4-3-8-5-9(13)6-10(14)11(8)15/h5-7H,3-4,14H2,1-2H3. The molecule has 3 nitrogen and oxygen atoms in total. The van der Waals surface area contributed by atoms with Crippen molar-refractivity contribution in [3.05, 3.63) is 22.7 Å². The summed E-state index contributed by atoms with van der Waals surface area (Å²) < 4.78 is 0. The SMILES string of the molecule is CC(C)C(=O)N1CCc2cc(Cl)cc(N)c21. The van der Waals surface area contributed by atoms with Gasteiger partial charge in [0.05, 0.1) is 11.4 Å². The first-order valence-electron chi connectivity index (χ1n) is 5.40. The normalized spacial score (nSPS) is 14.4. The Bertz CT molecular complexity index is 443. The predicted octanol–water partition coefficient (Wildman–Crippen LogP) is 2.47. The second-order valence-corrected chi connectivity index (χ2v) is 4.83. The van der Waals surface area contributed by atoms with Gasteiger partial charge < -0.3 is 10.6 Å². The summed E-state index contributed by atoms with van der Waals surface area (Å²) in [6.07, 6.45) is 0.832. The molecular weight excluding hydrogens is 224 g/mol. The second kappa shape index (κ2) is 3.98. The molecule has 0 aliphatic carbocycles. The van der Waals surface area contributed by atoms with Gasteiger partial charge in [-0.15, -0.1) is 0 Å². The fourth-order valence-electron chi connectivity index (χ4n) is 2.07. The Kier molecular flexibility index (Phi) is 2.80. The number of nitrogen functional groups attached to an aromatic ring is 1. The Labute approximate surface area is 100 Å². The van der Waals surface area contributed by atoms with E-state index in [2.05, 4.69) is 0 Å². The quantitative estimate of drug-likeness (QED) is 0.764. The molecule has 0 saturated heterocycles. The van der Waals surface area contributed by atoms with Crippen LogP contribution in [-0.2, 0) is 11.2 Å². The number of nitrogens with two attached hydrogens (primary N) is 1. The number of hydrogen-bond donors (Lipinski definition) is 1. The van der Waals surface area contributed by atoms with Crippen LogP contribution >= 0.6 is 11.6 Å². The van der Waals surface area contributed by atoms with Gasteiger partial charge >= 0.3 is 0 Å². The molecule has 0 unspecified atom stereocenters. The van der Waals surface area contributed by atoms with Crippen molar-refractivity contribution in [2.75, 3.05) is 17.2 Å². The van der Waals surface area contributed by atoms with Crippen molar-refractivity contribution in [3.63, 3.8) is 0 Å². The van der Waals surface area contributed by atoms with E-state index in [4.69, 9.17) is 17.3 Å². The van der Waals surface area contributed by atoms with Crippen molar-refractivity contribution in [2.24, 2.45) is 5.92 Å². The van der Waals surface area contributed by atoms with E-state index >= 15 is 0 Å². The number of carbonyl (C=O) groups excluding carboxylic acids is 1. The van der Waals surface area contributed by atoms with Gasteiger partial charge in [0.1, 0.15) is 0 Å². The molecule has 0 bridgehead atoms. The molecule has 1 aliphatic heterocycles. The molecule has 16 heavy (non-hydrogen) atoms. The lowest BCUT2D eigenvalue weighted by Gasteiger charge is -2.21. The van der Waals surface area contributed by atoms with E-state index in [1.807, 2.05) is 19.9 Å². The number of amides is 1. The summed E-state index contributed by atoms with van der Waals surface area (Å²) in [6.45, 7) is 4.50. The Morgan fingerprint density at radius 2 is 2.19 bits per heavy atom. The highest BCUT2D eigenvalue weighted by molar-refractivity contribution is 6.31. The number of hydrogen-bond acceptors (Lipinski definition) is 2. The number of nitrogens with zero attached hydrogens (tertiary/aromatic N) is 1. The fraction of sp³-hybridized carbons (Fsp3) is 0.417. The monoisotopic (exact) mass is 238 g/mol. The molecule has 2 rings (SSSR count). The molecule has 1 heterocycles. The Morgan fingerprint density at radius 1 is 1.50 bits per heavy atom. The third-order valence-electron chi connectivity index (χ3n) is 2.82. The lowest BCUT2D eigenvalue weighted by atomic mass is 10.1. The van der Waals surface area contributed by atoms with Crippen LogP contribution in [0.3, 0.4) is 0 Å². The van der Waals surface area contributed by atoms with E-state index in [1.165, 1.54) is 0 Å². The van der Waals surface area contributed by atoms with Gasteiger partial charge in [0, 0.05) is 17.5 Å². The van der Waals surface area contributed by atoms with E-state index in [9.17, 15) is 4.79 Å². The average molecular weight is 239 g/mol. The minimum atomic E-state index is -0.0129. The largest absolute Gasteiger partial charge is 0.397 e. The van der Waals surface area contributed by atoms with Gasteiger partial charge in [0.15, 0.2) is 0 Å². The molecule has 1 aromatic rings. The molecule has 0 spiro atoms. The van der Waals surface area contributed by atoms with Crippen molar-refractivity contribution < 1.29 is 4.79 Å². The number of carbonyl (C=O) groups is 1. The fourth-order valence-corrected chi connectivity index (χ4v) is 2.32. The van der Waals surface area contributed by atoms with Crippen LogP contribution in [-0.4, -0.2) is 12.5 Å². The topological polar surface area (TPSA) is 46.3 Å². The van der Waals surface area contributed by atoms with Crippen LogP contribution in [0.2, 0.25) is 5.02 Å². The lowest BCUT2D eigenvalue weighted by molar-refractivity contribution is -0.121. The third kappa shape index (κ3) is 1.76. The van der Waals surface area contributed by atoms with Crippen LogP contribution in [0.1, 0.15) is 19.4 Å². The zero-order valence-electron chi connectivity index (χ0n) is 9.46. The van der Waals surface area contributed by atoms with Gasteiger partial charge in [0.2, 0.25) is 5.91 Å². The smallest absolute Gasteiger partial charge is 0.229 e. The second-order valence-electron chi connectivity index (χ2n) is 4.40. The lowest BCUT2D eigenvalue weighted by Crippen LogP contribution is -2.32. The first kappa shape index (κ1) is 11.3. The first-order chi connectivity index (χ1) is 7.50. The van der Waals surface area contributed by atoms with Gasteiger partial charge in [-0.2, -0.15) is 0 Å². The van der Waals surface area contributed by atoms with Gasteiger partial charge in [-0.25, -0.2) is 0 Å². The molecule has 0 fully saturated rings. The highest BCUT2D eigenvalue weighted by atomic mass is 35.5. The molecule has 1 aliphatic rings. The van der Waals surface area contributed by atoms with Crippen molar-refractivity contribution >= 4 is 28.9 Å². The molecule has 1 amide bonds. The number of halogens is 1. The van der Waals surface area contributed by atoms with E-state index in [-0.39, 0.29) is 11.8 Å². The van der Waals surface area contributed by atoms with Crippen LogP contribution in [0.4, 0.5) is 11.4 Å².